The molecule has 2 aromatic carbocycles. The maximum Gasteiger partial charge on any atom is 0.248 e. The molecule has 1 unspecified atom stereocenters. The third-order valence-electron chi connectivity index (χ3n) is 4.17. The van der Waals surface area contributed by atoms with Crippen LogP contribution in [0.1, 0.15) is 12.5 Å². The lowest BCUT2D eigenvalue weighted by Crippen LogP contribution is -2.45. The van der Waals surface area contributed by atoms with Crippen LogP contribution in [0.2, 0.25) is 0 Å². The van der Waals surface area contributed by atoms with Gasteiger partial charge < -0.3 is 4.84 Å². The fourth-order valence-corrected chi connectivity index (χ4v) is 2.95. The van der Waals surface area contributed by atoms with Crippen molar-refractivity contribution in [1.29, 1.82) is 0 Å². The molecule has 1 aliphatic heterocycles. The molecule has 0 radical (unpaired) electrons. The van der Waals surface area contributed by atoms with Gasteiger partial charge >= 0.3 is 0 Å². The number of amides is 1. The standard InChI is InChI=1S/C22H20N2O3/c1-3-14-27-23-16(2)21-20(25)15-19(17-10-6-4-7-11-17)24(22(21)26)18-12-8-5-9-13-18/h3-13,15,21H,1,14H2,2H3/b23-16+. The van der Waals surface area contributed by atoms with Crippen molar-refractivity contribution < 1.29 is 14.4 Å². The second-order valence-electron chi connectivity index (χ2n) is 6.06. The summed E-state index contributed by atoms with van der Waals surface area (Å²) in [5.41, 5.74) is 2.35. The Hall–Kier alpha value is -3.47. The number of rotatable bonds is 6. The van der Waals surface area contributed by atoms with Crippen LogP contribution in [0.25, 0.3) is 5.70 Å². The van der Waals surface area contributed by atoms with E-state index < -0.39 is 5.92 Å². The molecule has 1 atom stereocenters. The predicted octanol–water partition coefficient (Wildman–Crippen LogP) is 3.84. The molecule has 0 saturated carbocycles. The van der Waals surface area contributed by atoms with E-state index in [9.17, 15) is 9.59 Å². The van der Waals surface area contributed by atoms with Crippen molar-refractivity contribution in [2.24, 2.45) is 11.1 Å². The minimum atomic E-state index is -1.01. The maximum absolute atomic E-state index is 13.3. The monoisotopic (exact) mass is 360 g/mol. The number of carbonyl (C=O) groups excluding carboxylic acids is 2. The van der Waals surface area contributed by atoms with Crippen molar-refractivity contribution in [3.05, 3.63) is 85.0 Å². The van der Waals surface area contributed by atoms with E-state index in [0.717, 1.165) is 5.56 Å². The van der Waals surface area contributed by atoms with Gasteiger partial charge in [0.1, 0.15) is 12.5 Å². The molecule has 1 heterocycles. The molecule has 136 valence electrons. The van der Waals surface area contributed by atoms with Crippen molar-refractivity contribution in [3.63, 3.8) is 0 Å². The van der Waals surface area contributed by atoms with Gasteiger partial charge in [0.05, 0.1) is 11.4 Å². The zero-order chi connectivity index (χ0) is 19.2. The lowest BCUT2D eigenvalue weighted by atomic mass is 9.90. The first-order valence-electron chi connectivity index (χ1n) is 8.61. The first kappa shape index (κ1) is 18.3. The molecule has 5 nitrogen and oxygen atoms in total. The summed E-state index contributed by atoms with van der Waals surface area (Å²) < 4.78 is 0. The molecule has 5 heteroatoms. The third kappa shape index (κ3) is 3.87. The van der Waals surface area contributed by atoms with Crippen molar-refractivity contribution in [2.75, 3.05) is 11.5 Å². The van der Waals surface area contributed by atoms with Crippen LogP contribution in [0.4, 0.5) is 5.69 Å². The van der Waals surface area contributed by atoms with Crippen molar-refractivity contribution >= 4 is 28.8 Å². The zero-order valence-electron chi connectivity index (χ0n) is 15.0. The first-order chi connectivity index (χ1) is 13.1. The number of carbonyl (C=O) groups is 2. The molecule has 2 aromatic rings. The molecule has 0 bridgehead atoms. The molecule has 3 rings (SSSR count). The van der Waals surface area contributed by atoms with Crippen LogP contribution in [-0.2, 0) is 14.4 Å². The highest BCUT2D eigenvalue weighted by atomic mass is 16.6. The van der Waals surface area contributed by atoms with Gasteiger partial charge in [0, 0.05) is 11.8 Å². The number of hydrogen-bond donors (Lipinski definition) is 0. The van der Waals surface area contributed by atoms with E-state index in [-0.39, 0.29) is 18.3 Å². The summed E-state index contributed by atoms with van der Waals surface area (Å²) in [6, 6.07) is 18.6. The highest BCUT2D eigenvalue weighted by molar-refractivity contribution is 6.33. The number of allylic oxidation sites excluding steroid dienone is 1. The molecule has 0 aromatic heterocycles. The minimum absolute atomic E-state index is 0.208. The second kappa shape index (κ2) is 8.27. The van der Waals surface area contributed by atoms with Crippen LogP contribution in [0.3, 0.4) is 0 Å². The van der Waals surface area contributed by atoms with Crippen molar-refractivity contribution in [1.82, 2.24) is 0 Å². The van der Waals surface area contributed by atoms with Gasteiger partial charge in [0.2, 0.25) is 5.91 Å². The van der Waals surface area contributed by atoms with Gasteiger partial charge in [-0.2, -0.15) is 0 Å². The summed E-state index contributed by atoms with van der Waals surface area (Å²) in [5.74, 6) is -1.67. The van der Waals surface area contributed by atoms with Gasteiger partial charge in [0.15, 0.2) is 5.78 Å². The molecule has 0 N–H and O–H groups in total. The highest BCUT2D eigenvalue weighted by Crippen LogP contribution is 2.32. The SMILES string of the molecule is C=CCO/N=C(\C)C1C(=O)C=C(c2ccccc2)N(c2ccccc2)C1=O. The summed E-state index contributed by atoms with van der Waals surface area (Å²) in [6.45, 7) is 5.38. The second-order valence-corrected chi connectivity index (χ2v) is 6.06. The number of hydrogen-bond acceptors (Lipinski definition) is 4. The molecule has 1 aliphatic rings. The number of benzene rings is 2. The first-order valence-corrected chi connectivity index (χ1v) is 8.61. The Morgan fingerprint density at radius 2 is 1.74 bits per heavy atom. The predicted molar refractivity (Wildman–Crippen MR) is 106 cm³/mol. The molecule has 1 amide bonds. The molecule has 0 spiro atoms. The Morgan fingerprint density at radius 1 is 1.11 bits per heavy atom. The quantitative estimate of drug-likeness (QED) is 0.259. The van der Waals surface area contributed by atoms with Crippen LogP contribution in [-0.4, -0.2) is 24.0 Å². The fraction of sp³-hybridized carbons (Fsp3) is 0.136. The Balaban J connectivity index is 2.07. The zero-order valence-corrected chi connectivity index (χ0v) is 15.0. The van der Waals surface area contributed by atoms with Gasteiger partial charge in [-0.15, -0.1) is 0 Å². The van der Waals surface area contributed by atoms with Crippen LogP contribution < -0.4 is 4.90 Å². The fourth-order valence-electron chi connectivity index (χ4n) is 2.95. The van der Waals surface area contributed by atoms with E-state index in [1.54, 1.807) is 17.9 Å². The summed E-state index contributed by atoms with van der Waals surface area (Å²) >= 11 is 0. The molecule has 0 fully saturated rings. The van der Waals surface area contributed by atoms with E-state index in [1.165, 1.54) is 6.08 Å². The molecular formula is C22H20N2O3. The van der Waals surface area contributed by atoms with Gasteiger partial charge in [0.25, 0.3) is 0 Å². The normalized spacial score (nSPS) is 17.5. The minimum Gasteiger partial charge on any atom is -0.392 e. The van der Waals surface area contributed by atoms with Gasteiger partial charge in [-0.3, -0.25) is 14.5 Å². The van der Waals surface area contributed by atoms with E-state index >= 15 is 0 Å². The number of nitrogens with zero attached hydrogens (tertiary/aromatic N) is 2. The van der Waals surface area contributed by atoms with Gasteiger partial charge in [-0.25, -0.2) is 0 Å². The Labute approximate surface area is 158 Å². The molecule has 0 aliphatic carbocycles. The summed E-state index contributed by atoms with van der Waals surface area (Å²) in [7, 11) is 0. The molecular weight excluding hydrogens is 340 g/mol. The van der Waals surface area contributed by atoms with Gasteiger partial charge in [-0.05, 0) is 24.6 Å². The van der Waals surface area contributed by atoms with E-state index in [4.69, 9.17) is 4.84 Å². The van der Waals surface area contributed by atoms with E-state index in [1.807, 2.05) is 60.7 Å². The molecule has 27 heavy (non-hydrogen) atoms. The van der Waals surface area contributed by atoms with E-state index in [2.05, 4.69) is 11.7 Å². The third-order valence-corrected chi connectivity index (χ3v) is 4.17. The molecule has 0 saturated heterocycles. The lowest BCUT2D eigenvalue weighted by molar-refractivity contribution is -0.127. The van der Waals surface area contributed by atoms with Crippen LogP contribution in [0.15, 0.2) is 84.6 Å². The van der Waals surface area contributed by atoms with Crippen molar-refractivity contribution in [2.45, 2.75) is 6.92 Å². The van der Waals surface area contributed by atoms with Crippen LogP contribution in [0, 0.1) is 5.92 Å². The Bertz CT molecular complexity index is 902. The maximum atomic E-state index is 13.3. The largest absolute Gasteiger partial charge is 0.392 e. The average molecular weight is 360 g/mol. The Morgan fingerprint density at radius 3 is 2.37 bits per heavy atom. The van der Waals surface area contributed by atoms with Crippen molar-refractivity contribution in [3.8, 4) is 0 Å². The highest BCUT2D eigenvalue weighted by Gasteiger charge is 2.39. The lowest BCUT2D eigenvalue weighted by Gasteiger charge is -2.32. The number of para-hydroxylation sites is 1. The summed E-state index contributed by atoms with van der Waals surface area (Å²) in [6.07, 6.45) is 3.05. The average Bonchev–Trinajstić information content (AvgIpc) is 2.69. The summed E-state index contributed by atoms with van der Waals surface area (Å²) in [4.78, 5) is 32.7. The van der Waals surface area contributed by atoms with Crippen LogP contribution in [0.5, 0.6) is 0 Å². The number of anilines is 1. The summed E-state index contributed by atoms with van der Waals surface area (Å²) in [5, 5.41) is 3.91. The Kier molecular flexibility index (Phi) is 5.61. The van der Waals surface area contributed by atoms with E-state index in [0.29, 0.717) is 17.1 Å². The number of oxime groups is 1. The van der Waals surface area contributed by atoms with Crippen LogP contribution >= 0.6 is 0 Å². The van der Waals surface area contributed by atoms with Gasteiger partial charge in [-0.1, -0.05) is 66.3 Å². The topological polar surface area (TPSA) is 59.0 Å². The smallest absolute Gasteiger partial charge is 0.248 e. The number of ketones is 1.